The van der Waals surface area contributed by atoms with Crippen LogP contribution in [-0.4, -0.2) is 113 Å². The van der Waals surface area contributed by atoms with E-state index in [0.717, 1.165) is 33.4 Å². The van der Waals surface area contributed by atoms with Crippen molar-refractivity contribution in [2.45, 2.75) is 103 Å². The number of esters is 6. The third kappa shape index (κ3) is 14.2. The van der Waals surface area contributed by atoms with Crippen molar-refractivity contribution >= 4 is 58.6 Å². The summed E-state index contributed by atoms with van der Waals surface area (Å²) in [6, 6.07) is 39.7. The molecule has 2 heterocycles. The van der Waals surface area contributed by atoms with Gasteiger partial charge in [0.25, 0.3) is 5.24 Å². The molecule has 2 aliphatic heterocycles. The summed E-state index contributed by atoms with van der Waals surface area (Å²) in [6.45, 7) is 13.1. The number of benzene rings is 6. The van der Waals surface area contributed by atoms with Crippen molar-refractivity contribution < 1.29 is 81.4 Å². The zero-order chi connectivity index (χ0) is 58.1. The molecule has 0 aliphatic carbocycles. The van der Waals surface area contributed by atoms with Crippen LogP contribution in [0.5, 0.6) is 0 Å². The van der Waals surface area contributed by atoms with Crippen LogP contribution in [-0.2, 0) is 47.5 Å². The number of carboxylic acid groups (broad SMARTS) is 1. The van der Waals surface area contributed by atoms with Crippen molar-refractivity contribution in [1.82, 2.24) is 0 Å². The molecular formula is C62H59ClO17. The van der Waals surface area contributed by atoms with Crippen molar-refractivity contribution in [2.24, 2.45) is 0 Å². The SMILES string of the molecule is Cc1ccc(C(=O)OCC2O[C@@H](C(=O)Cl)[C@](C)(OC(=O)c3ccc(C)cc3)[C@@H]2OC(=O)c2ccc(C)cc2)cc1.Cc1ccc(C(=O)OCC2O[C@@H](C(=O)O)[C@](C)(OC(=O)c3ccc(C)cc3)[C@@H]2OC(=O)c2ccc(C)cc2)cc1. The molecular weight excluding hydrogens is 1050 g/mol. The highest BCUT2D eigenvalue weighted by Gasteiger charge is 2.63. The Hall–Kier alpha value is -8.51. The van der Waals surface area contributed by atoms with Gasteiger partial charge in [0.15, 0.2) is 35.6 Å². The first-order valence-corrected chi connectivity index (χ1v) is 25.7. The van der Waals surface area contributed by atoms with Crippen LogP contribution in [0.25, 0.3) is 0 Å². The molecule has 8 rings (SSSR count). The Bertz CT molecular complexity index is 3010. The molecule has 6 aromatic carbocycles. The summed E-state index contributed by atoms with van der Waals surface area (Å²) in [6.07, 6.45) is -8.44. The van der Waals surface area contributed by atoms with Gasteiger partial charge in [-0.3, -0.25) is 4.79 Å². The molecule has 2 saturated heterocycles. The Labute approximate surface area is 466 Å². The maximum Gasteiger partial charge on any atom is 0.338 e. The first kappa shape index (κ1) is 59.2. The van der Waals surface area contributed by atoms with Crippen molar-refractivity contribution in [3.8, 4) is 0 Å². The van der Waals surface area contributed by atoms with Crippen molar-refractivity contribution in [3.05, 3.63) is 212 Å². The number of carbonyl (C=O) groups excluding carboxylic acids is 7. The number of carboxylic acids is 1. The van der Waals surface area contributed by atoms with Gasteiger partial charge in [0.1, 0.15) is 25.4 Å². The van der Waals surface area contributed by atoms with E-state index < -0.39 is 108 Å². The number of ether oxygens (including phenoxy) is 8. The monoisotopic (exact) mass is 1110 g/mol. The van der Waals surface area contributed by atoms with Crippen LogP contribution in [0.1, 0.15) is 109 Å². The zero-order valence-electron chi connectivity index (χ0n) is 45.1. The lowest BCUT2D eigenvalue weighted by molar-refractivity contribution is -0.160. The third-order valence-corrected chi connectivity index (χ3v) is 13.7. The predicted octanol–water partition coefficient (Wildman–Crippen LogP) is 9.60. The molecule has 8 atom stereocenters. The van der Waals surface area contributed by atoms with Gasteiger partial charge in [-0.05, 0) is 140 Å². The van der Waals surface area contributed by atoms with Crippen LogP contribution in [0.2, 0.25) is 0 Å². The molecule has 416 valence electrons. The van der Waals surface area contributed by atoms with E-state index in [1.54, 1.807) is 146 Å². The van der Waals surface area contributed by atoms with E-state index in [1.165, 1.54) is 13.8 Å². The molecule has 0 radical (unpaired) electrons. The van der Waals surface area contributed by atoms with Crippen LogP contribution in [0.4, 0.5) is 0 Å². The topological polar surface area (TPSA) is 231 Å². The van der Waals surface area contributed by atoms with Crippen molar-refractivity contribution in [2.75, 3.05) is 13.2 Å². The smallest absolute Gasteiger partial charge is 0.338 e. The fourth-order valence-electron chi connectivity index (χ4n) is 8.75. The molecule has 0 aromatic heterocycles. The lowest BCUT2D eigenvalue weighted by atomic mass is 9.91. The number of halogens is 1. The normalized spacial score (nSPS) is 21.9. The number of hydrogen-bond acceptors (Lipinski definition) is 16. The average Bonchev–Trinajstić information content (AvgIpc) is 3.87. The number of aliphatic carboxylic acids is 1. The summed E-state index contributed by atoms with van der Waals surface area (Å²) >= 11 is 5.89. The van der Waals surface area contributed by atoms with Gasteiger partial charge in [0, 0.05) is 0 Å². The number of rotatable bonds is 16. The second-order valence-electron chi connectivity index (χ2n) is 19.9. The highest BCUT2D eigenvalue weighted by atomic mass is 35.5. The fraction of sp³-hybridized carbons (Fsp3) is 0.290. The van der Waals surface area contributed by atoms with Crippen LogP contribution >= 0.6 is 11.6 Å². The van der Waals surface area contributed by atoms with Crippen molar-refractivity contribution in [3.63, 3.8) is 0 Å². The Kier molecular flexibility index (Phi) is 18.9. The average molecular weight is 1110 g/mol. The Morgan fingerprint density at radius 3 is 0.900 bits per heavy atom. The minimum absolute atomic E-state index is 0.175. The van der Waals surface area contributed by atoms with Crippen LogP contribution < -0.4 is 0 Å². The number of aryl methyl sites for hydroxylation is 6. The van der Waals surface area contributed by atoms with E-state index in [9.17, 15) is 43.5 Å². The van der Waals surface area contributed by atoms with Crippen LogP contribution in [0.15, 0.2) is 146 Å². The van der Waals surface area contributed by atoms with Gasteiger partial charge in [0.05, 0.1) is 33.4 Å². The maximum atomic E-state index is 13.2. The largest absolute Gasteiger partial charge is 0.479 e. The molecule has 0 spiro atoms. The molecule has 0 amide bonds. The molecule has 0 saturated carbocycles. The first-order valence-electron chi connectivity index (χ1n) is 25.3. The zero-order valence-corrected chi connectivity index (χ0v) is 45.8. The van der Waals surface area contributed by atoms with E-state index in [-0.39, 0.29) is 27.8 Å². The summed E-state index contributed by atoms with van der Waals surface area (Å²) in [5, 5.41) is 9.03. The Morgan fingerprint density at radius 1 is 0.400 bits per heavy atom. The summed E-state index contributed by atoms with van der Waals surface area (Å²) < 4.78 is 45.6. The van der Waals surface area contributed by atoms with E-state index >= 15 is 0 Å². The highest BCUT2D eigenvalue weighted by Crippen LogP contribution is 2.41. The fourth-order valence-corrected chi connectivity index (χ4v) is 9.02. The van der Waals surface area contributed by atoms with Gasteiger partial charge < -0.3 is 43.0 Å². The van der Waals surface area contributed by atoms with Crippen LogP contribution in [0.3, 0.4) is 0 Å². The summed E-state index contributed by atoms with van der Waals surface area (Å²) in [5.41, 5.74) is 3.21. The Balaban J connectivity index is 0.000000231. The molecule has 2 fully saturated rings. The van der Waals surface area contributed by atoms with E-state index in [1.807, 2.05) is 41.5 Å². The molecule has 80 heavy (non-hydrogen) atoms. The van der Waals surface area contributed by atoms with E-state index in [0.29, 0.717) is 5.56 Å². The quantitative estimate of drug-likeness (QED) is 0.0540. The maximum absolute atomic E-state index is 13.2. The standard InChI is InChI=1S/C31H29ClO8.C31H30O9/c2*1-18-5-11-21(12-6-18)28(34)37-17-24-25(39-29(35)22-13-7-19(2)8-14-22)31(4,26(38-24)27(32)33)40-30(36)23-15-9-20(3)10-16-23/h5-16,24-26H,17H2,1-4H3;5-16,24-26H,17H2,1-4H3,(H,32,33)/t2*24?,25-,26+,31-/m11/s1. The minimum atomic E-state index is -1.96. The number of carbonyl (C=O) groups is 8. The molecule has 17 nitrogen and oxygen atoms in total. The summed E-state index contributed by atoms with van der Waals surface area (Å²) in [5.74, 6) is -5.90. The van der Waals surface area contributed by atoms with Gasteiger partial charge in [0.2, 0.25) is 0 Å². The van der Waals surface area contributed by atoms with Crippen LogP contribution in [0, 0.1) is 41.5 Å². The first-order chi connectivity index (χ1) is 37.9. The second-order valence-corrected chi connectivity index (χ2v) is 20.3. The predicted molar refractivity (Wildman–Crippen MR) is 290 cm³/mol. The highest BCUT2D eigenvalue weighted by molar-refractivity contribution is 6.64. The van der Waals surface area contributed by atoms with Gasteiger partial charge in [-0.2, -0.15) is 0 Å². The minimum Gasteiger partial charge on any atom is -0.479 e. The second kappa shape index (κ2) is 25.5. The summed E-state index contributed by atoms with van der Waals surface area (Å²) in [4.78, 5) is 103. The van der Waals surface area contributed by atoms with E-state index in [2.05, 4.69) is 0 Å². The molecule has 18 heteroatoms. The molecule has 2 aliphatic rings. The molecule has 2 unspecified atom stereocenters. The van der Waals surface area contributed by atoms with Crippen molar-refractivity contribution in [1.29, 1.82) is 0 Å². The van der Waals surface area contributed by atoms with Gasteiger partial charge in [-0.1, -0.05) is 106 Å². The Morgan fingerprint density at radius 2 is 0.637 bits per heavy atom. The molecule has 6 aromatic rings. The van der Waals surface area contributed by atoms with Gasteiger partial charge >= 0.3 is 41.8 Å². The molecule has 1 N–H and O–H groups in total. The molecule has 0 bridgehead atoms. The van der Waals surface area contributed by atoms with Gasteiger partial charge in [-0.25, -0.2) is 33.6 Å². The lowest BCUT2D eigenvalue weighted by Crippen LogP contribution is -2.54. The number of hydrogen-bond donors (Lipinski definition) is 1. The van der Waals surface area contributed by atoms with E-state index in [4.69, 9.17) is 49.5 Å². The summed E-state index contributed by atoms with van der Waals surface area (Å²) in [7, 11) is 0. The third-order valence-electron chi connectivity index (χ3n) is 13.5. The lowest BCUT2D eigenvalue weighted by Gasteiger charge is -2.33. The van der Waals surface area contributed by atoms with Gasteiger partial charge in [-0.15, -0.1) is 0 Å².